The summed E-state index contributed by atoms with van der Waals surface area (Å²) in [4.78, 5) is 11.4. The van der Waals surface area contributed by atoms with Crippen LogP contribution in [0.1, 0.15) is 71.1 Å². The van der Waals surface area contributed by atoms with Gasteiger partial charge in [-0.05, 0) is 107 Å². The summed E-state index contributed by atoms with van der Waals surface area (Å²) in [6.45, 7) is 4.55. The van der Waals surface area contributed by atoms with Gasteiger partial charge in [0, 0.05) is 80.1 Å². The Labute approximate surface area is 413 Å². The third-order valence-corrected chi connectivity index (χ3v) is 18.5. The van der Waals surface area contributed by atoms with Crippen molar-refractivity contribution in [3.63, 3.8) is 0 Å². The average Bonchev–Trinajstić information content (AvgIpc) is 0.954. The fourth-order valence-electron chi connectivity index (χ4n) is 11.3. The summed E-state index contributed by atoms with van der Waals surface area (Å²) in [5, 5.41) is -0.584. The van der Waals surface area contributed by atoms with Crippen LogP contribution >= 0.6 is 0 Å². The molecule has 2 aliphatic rings. The zero-order valence-electron chi connectivity index (χ0n) is 54.8. The van der Waals surface area contributed by atoms with E-state index in [2.05, 4.69) is 33.3 Å². The summed E-state index contributed by atoms with van der Waals surface area (Å²) in [5.74, 6) is 0. The second-order valence-electron chi connectivity index (χ2n) is 17.5. The first kappa shape index (κ1) is 24.1. The van der Waals surface area contributed by atoms with Crippen LogP contribution < -0.4 is 25.6 Å². The first-order chi connectivity index (χ1) is 40.4. The van der Waals surface area contributed by atoms with Crippen LogP contribution in [0.2, 0.25) is 0 Å². The Morgan fingerprint density at radius 1 is 0.500 bits per heavy atom. The summed E-state index contributed by atoms with van der Waals surface area (Å²) in [7, 11) is -6.14. The molecule has 5 heterocycles. The molecule has 318 valence electrons. The first-order valence-corrected chi connectivity index (χ1v) is 23.9. The van der Waals surface area contributed by atoms with Gasteiger partial charge in [0.1, 0.15) is 0 Å². The highest BCUT2D eigenvalue weighted by molar-refractivity contribution is 7.19. The smallest absolute Gasteiger partial charge is 0.179 e. The zero-order valence-corrected chi connectivity index (χ0v) is 36.8. The number of benzene rings is 7. The molecule has 5 nitrogen and oxygen atoms in total. The molecule has 7 aromatic carbocycles. The normalized spacial score (nSPS) is 22.3. The number of pyridine rings is 2. The van der Waals surface area contributed by atoms with E-state index in [4.69, 9.17) is 12.3 Å². The number of hydrogen-bond acceptors (Lipinski definition) is 3. The van der Waals surface area contributed by atoms with Crippen molar-refractivity contribution in [2.24, 2.45) is 0 Å². The van der Waals surface area contributed by atoms with E-state index in [0.717, 1.165) is 64.4 Å². The van der Waals surface area contributed by atoms with Crippen LogP contribution in [0.25, 0.3) is 55.0 Å². The van der Waals surface area contributed by atoms with Crippen LogP contribution in [0.5, 0.6) is 0 Å². The number of nitrogens with zero attached hydrogens (tertiary/aromatic N) is 5. The lowest BCUT2D eigenvalue weighted by atomic mass is 9.62. The fourth-order valence-corrected chi connectivity index (χ4v) is 14.8. The first-order valence-electron chi connectivity index (χ1n) is 31.4. The molecule has 0 N–H and O–H groups in total. The van der Waals surface area contributed by atoms with Crippen LogP contribution in [0.15, 0.2) is 212 Å². The molecule has 1 fully saturated rings. The molecule has 2 atom stereocenters. The number of rotatable bonds is 7. The minimum absolute atomic E-state index is 0.299. The molecular formula is C60H49N5Si. The lowest BCUT2D eigenvalue weighted by molar-refractivity contribution is 0.194. The van der Waals surface area contributed by atoms with Crippen molar-refractivity contribution in [3.05, 3.63) is 218 Å². The third-order valence-electron chi connectivity index (χ3n) is 14.5. The molecule has 1 aliphatic heterocycles. The molecule has 13 rings (SSSR count). The van der Waals surface area contributed by atoms with Crippen molar-refractivity contribution in [2.75, 3.05) is 4.90 Å². The van der Waals surface area contributed by atoms with Crippen molar-refractivity contribution < 1.29 is 26.0 Å². The van der Waals surface area contributed by atoms with Crippen LogP contribution in [0.3, 0.4) is 0 Å². The monoisotopic (exact) mass is 886 g/mol. The van der Waals surface area contributed by atoms with Crippen molar-refractivity contribution in [1.29, 1.82) is 0 Å². The Balaban J connectivity index is 1.23. The molecule has 0 amide bonds. The lowest BCUT2D eigenvalue weighted by Gasteiger charge is -2.50. The van der Waals surface area contributed by atoms with Gasteiger partial charge in [0.05, 0.1) is 53.7 Å². The van der Waals surface area contributed by atoms with Crippen molar-refractivity contribution in [3.8, 4) is 11.4 Å². The largest absolute Gasteiger partial charge is 0.334 e. The predicted molar refractivity (Wildman–Crippen MR) is 277 cm³/mol. The Kier molecular flexibility index (Phi) is 5.39. The molecule has 1 saturated carbocycles. The molecule has 0 radical (unpaired) electrons. The Bertz CT molecular complexity index is 4500. The average molecular weight is 887 g/mol. The second kappa shape index (κ2) is 14.7. The predicted octanol–water partition coefficient (Wildman–Crippen LogP) is 11.8. The van der Waals surface area contributed by atoms with Gasteiger partial charge in [0.25, 0.3) is 0 Å². The van der Waals surface area contributed by atoms with Crippen LogP contribution in [0, 0.1) is 0 Å². The second-order valence-corrected chi connectivity index (χ2v) is 21.0. The van der Waals surface area contributed by atoms with Crippen molar-refractivity contribution in [2.45, 2.75) is 50.5 Å². The number of anilines is 2. The van der Waals surface area contributed by atoms with Crippen LogP contribution in [0.4, 0.5) is 11.4 Å². The Morgan fingerprint density at radius 2 is 1.06 bits per heavy atom. The minimum atomic E-state index is -6.14. The maximum Gasteiger partial charge on any atom is 0.179 e. The van der Waals surface area contributed by atoms with Gasteiger partial charge >= 0.3 is 0 Å². The van der Waals surface area contributed by atoms with Gasteiger partial charge < -0.3 is 14.0 Å². The van der Waals surface area contributed by atoms with E-state index in [1.54, 1.807) is 29.2 Å². The van der Waals surface area contributed by atoms with Crippen LogP contribution in [-0.4, -0.2) is 32.7 Å². The summed E-state index contributed by atoms with van der Waals surface area (Å²) in [6.07, 6.45) is 11.0. The number of hydrogen-bond donors (Lipinski definition) is 0. The highest BCUT2D eigenvalue weighted by Crippen LogP contribution is 2.60. The SMILES string of the molecule is [2H]c1c([2H])c([2H])c([Si](c2c([2H])c([2H])c([2H])c([2H])c2[2H])(c2c([2H])c([2H])c([2H])c([2H])c2[2H])c2c([2H])c([2H])c([2H])c(-n3c4ccc(N5c6ccncc6C6(C)CCCCC56C)cc4c4cc(-n5c6ccccc6c6cnccc65)ccc43)c2[2H])c([2H])c1[2H]. The van der Waals surface area contributed by atoms with E-state index in [0.29, 0.717) is 27.5 Å². The molecule has 0 spiro atoms. The molecule has 2 unspecified atom stereocenters. The maximum absolute atomic E-state index is 10.8. The quantitative estimate of drug-likeness (QED) is 0.118. The number of fused-ring (bicyclic) bond motifs is 9. The number of aromatic nitrogens is 4. The van der Waals surface area contributed by atoms with Gasteiger partial charge in [0.15, 0.2) is 8.07 Å². The summed E-state index contributed by atoms with van der Waals surface area (Å²) < 4.78 is 183. The van der Waals surface area contributed by atoms with E-state index in [1.165, 1.54) is 0 Å². The molecular weight excluding hydrogens is 819 g/mol. The van der Waals surface area contributed by atoms with Gasteiger partial charge in [-0.1, -0.05) is 141 Å². The maximum atomic E-state index is 10.8. The van der Waals surface area contributed by atoms with Crippen LogP contribution in [-0.2, 0) is 5.41 Å². The van der Waals surface area contributed by atoms with E-state index in [9.17, 15) is 13.7 Å². The van der Waals surface area contributed by atoms with Gasteiger partial charge in [-0.15, -0.1) is 0 Å². The Morgan fingerprint density at radius 3 is 1.77 bits per heavy atom. The van der Waals surface area contributed by atoms with E-state index >= 15 is 0 Å². The molecule has 66 heavy (non-hydrogen) atoms. The van der Waals surface area contributed by atoms with Gasteiger partial charge in [-0.2, -0.15) is 0 Å². The lowest BCUT2D eigenvalue weighted by Crippen LogP contribution is -2.74. The standard InChI is InChI=1S/C60H49N5Si/c1-59-33-14-15-34-60(59,2)65(58-32-36-62-41-53(58)59)44-28-30-56-51(39-44)50-38-43(64-54-26-13-12-25-49(54)52-40-61-35-31-57(52)64)27-29-55(50)63(56)42-17-16-24-48(37-42)66(45-18-6-3-7-19-45,46-20-8-4-9-21-46)47-22-10-5-11-23-47/h3-13,16-32,35-41H,14-15,33-34H2,1-2H3/i3D,4D,5D,6D,7D,8D,9D,10D,11D,16D,17D,18D,19D,20D,21D,22D,23D,24D,37D. The van der Waals surface area contributed by atoms with Gasteiger partial charge in [-0.3, -0.25) is 9.97 Å². The molecule has 6 heteroatoms. The van der Waals surface area contributed by atoms with E-state index < -0.39 is 155 Å². The summed E-state index contributed by atoms with van der Waals surface area (Å²) >= 11 is 0. The van der Waals surface area contributed by atoms with Gasteiger partial charge in [-0.25, -0.2) is 0 Å². The fraction of sp³-hybridized carbons (Fsp3) is 0.133. The summed E-state index contributed by atoms with van der Waals surface area (Å²) in [5.41, 5.74) is 4.85. The third kappa shape index (κ3) is 5.39. The molecule has 1 aliphatic carbocycles. The highest BCUT2D eigenvalue weighted by Gasteiger charge is 2.57. The molecule has 11 aromatic rings. The van der Waals surface area contributed by atoms with Crippen molar-refractivity contribution in [1.82, 2.24) is 19.1 Å². The summed E-state index contributed by atoms with van der Waals surface area (Å²) in [6, 6.07) is 4.12. The number of para-hydroxylation sites is 1. The van der Waals surface area contributed by atoms with Crippen molar-refractivity contribution >= 4 is 83.8 Å². The minimum Gasteiger partial charge on any atom is -0.334 e. The van der Waals surface area contributed by atoms with Gasteiger partial charge in [0.2, 0.25) is 0 Å². The topological polar surface area (TPSA) is 38.9 Å². The molecule has 4 aromatic heterocycles. The zero-order chi connectivity index (χ0) is 60.6. The van der Waals surface area contributed by atoms with E-state index in [1.807, 2.05) is 72.9 Å². The molecule has 0 saturated heterocycles. The Hall–Kier alpha value is -7.54. The van der Waals surface area contributed by atoms with E-state index in [-0.39, 0.29) is 5.41 Å². The highest BCUT2D eigenvalue weighted by atomic mass is 28.3. The molecule has 0 bridgehead atoms.